The monoisotopic (exact) mass is 347 g/mol. The number of nitrogens with zero attached hydrogens (tertiary/aromatic N) is 1. The van der Waals surface area contributed by atoms with Gasteiger partial charge >= 0.3 is 0 Å². The minimum atomic E-state index is -0.600. The molecule has 7 nitrogen and oxygen atoms in total. The lowest BCUT2D eigenvalue weighted by molar-refractivity contribution is 0.367. The molecular weight excluding hydrogens is 330 g/mol. The van der Waals surface area contributed by atoms with E-state index in [1.165, 1.54) is 12.1 Å². The minimum Gasteiger partial charge on any atom is -0.504 e. The Labute approximate surface area is 144 Å². The second-order valence-corrected chi connectivity index (χ2v) is 5.20. The molecular formula is C16H17N3O4S. The lowest BCUT2D eigenvalue weighted by Gasteiger charge is -2.12. The van der Waals surface area contributed by atoms with E-state index in [1.807, 2.05) is 12.1 Å². The van der Waals surface area contributed by atoms with Gasteiger partial charge in [0.15, 0.2) is 16.6 Å². The number of hydrogen-bond donors (Lipinski definition) is 5. The first-order valence-corrected chi connectivity index (χ1v) is 7.33. The summed E-state index contributed by atoms with van der Waals surface area (Å²) in [6, 6.07) is 9.95. The van der Waals surface area contributed by atoms with Crippen LogP contribution >= 0.6 is 12.2 Å². The molecule has 0 aliphatic heterocycles. The van der Waals surface area contributed by atoms with Crippen molar-refractivity contribution < 1.29 is 20.1 Å². The molecule has 0 aromatic heterocycles. The fraction of sp³-hybridized carbons (Fsp3) is 0.125. The third kappa shape index (κ3) is 3.85. The fourth-order valence-electron chi connectivity index (χ4n) is 1.95. The van der Waals surface area contributed by atoms with E-state index in [1.54, 1.807) is 26.2 Å². The summed E-state index contributed by atoms with van der Waals surface area (Å²) in [5.41, 5.74) is 3.95. The Hall–Kier alpha value is -3.00. The van der Waals surface area contributed by atoms with Crippen LogP contribution in [0.25, 0.3) is 0 Å². The van der Waals surface area contributed by atoms with Crippen LogP contribution in [0.4, 0.5) is 5.69 Å². The maximum Gasteiger partial charge on any atom is 0.200 e. The van der Waals surface area contributed by atoms with Crippen molar-refractivity contribution in [2.45, 2.75) is 6.92 Å². The van der Waals surface area contributed by atoms with Crippen molar-refractivity contribution in [2.75, 3.05) is 12.4 Å². The second-order valence-electron chi connectivity index (χ2n) is 4.79. The molecule has 0 radical (unpaired) electrons. The molecule has 2 aromatic rings. The number of thiocarbonyl (C=S) groups is 1. The summed E-state index contributed by atoms with van der Waals surface area (Å²) in [6.07, 6.45) is 0. The van der Waals surface area contributed by atoms with E-state index in [0.717, 1.165) is 0 Å². The molecule has 2 aromatic carbocycles. The number of rotatable bonds is 4. The van der Waals surface area contributed by atoms with E-state index in [2.05, 4.69) is 15.8 Å². The molecule has 24 heavy (non-hydrogen) atoms. The molecule has 0 aliphatic rings. The van der Waals surface area contributed by atoms with Crippen LogP contribution < -0.4 is 15.5 Å². The molecule has 0 spiro atoms. The number of benzene rings is 2. The number of phenols is 3. The minimum absolute atomic E-state index is 0.223. The van der Waals surface area contributed by atoms with Gasteiger partial charge in [-0.15, -0.1) is 0 Å². The van der Waals surface area contributed by atoms with Gasteiger partial charge < -0.3 is 25.4 Å². The molecule has 0 fully saturated rings. The average Bonchev–Trinajstić information content (AvgIpc) is 2.58. The molecule has 126 valence electrons. The second kappa shape index (κ2) is 7.51. The molecule has 0 heterocycles. The summed E-state index contributed by atoms with van der Waals surface area (Å²) in [5.74, 6) is -0.841. The van der Waals surface area contributed by atoms with Crippen molar-refractivity contribution in [1.29, 1.82) is 0 Å². The van der Waals surface area contributed by atoms with Gasteiger partial charge in [0.1, 0.15) is 5.75 Å². The first-order valence-electron chi connectivity index (χ1n) is 6.92. The molecule has 0 atom stereocenters. The van der Waals surface area contributed by atoms with Crippen LogP contribution in [0.5, 0.6) is 23.0 Å². The predicted octanol–water partition coefficient (Wildman–Crippen LogP) is 2.52. The highest BCUT2D eigenvalue weighted by atomic mass is 32.1. The van der Waals surface area contributed by atoms with Gasteiger partial charge in [-0.3, -0.25) is 5.43 Å². The Balaban J connectivity index is 2.10. The lowest BCUT2D eigenvalue weighted by Crippen LogP contribution is -2.25. The van der Waals surface area contributed by atoms with Crippen molar-refractivity contribution in [3.8, 4) is 23.0 Å². The zero-order chi connectivity index (χ0) is 17.7. The third-order valence-electron chi connectivity index (χ3n) is 3.20. The topological polar surface area (TPSA) is 106 Å². The summed E-state index contributed by atoms with van der Waals surface area (Å²) in [6.45, 7) is 1.62. The maximum atomic E-state index is 9.83. The number of methoxy groups -OCH3 is 1. The van der Waals surface area contributed by atoms with Gasteiger partial charge in [0.25, 0.3) is 0 Å². The van der Waals surface area contributed by atoms with E-state index >= 15 is 0 Å². The van der Waals surface area contributed by atoms with E-state index < -0.39 is 17.2 Å². The predicted molar refractivity (Wildman–Crippen MR) is 96.0 cm³/mol. The van der Waals surface area contributed by atoms with Crippen molar-refractivity contribution >= 4 is 28.7 Å². The van der Waals surface area contributed by atoms with Gasteiger partial charge in [0, 0.05) is 5.56 Å². The molecule has 0 unspecified atom stereocenters. The number of anilines is 1. The lowest BCUT2D eigenvalue weighted by atomic mass is 10.1. The average molecular weight is 347 g/mol. The number of nitrogens with one attached hydrogen (secondary N) is 2. The van der Waals surface area contributed by atoms with Gasteiger partial charge in [-0.1, -0.05) is 12.1 Å². The molecule has 8 heteroatoms. The van der Waals surface area contributed by atoms with Crippen LogP contribution in [-0.2, 0) is 0 Å². The number of hydrogen-bond acceptors (Lipinski definition) is 6. The molecule has 2 rings (SSSR count). The Bertz CT molecular complexity index is 793. The normalized spacial score (nSPS) is 11.0. The summed E-state index contributed by atoms with van der Waals surface area (Å²) < 4.78 is 5.21. The fourth-order valence-corrected chi connectivity index (χ4v) is 2.11. The van der Waals surface area contributed by atoms with Crippen LogP contribution in [0.2, 0.25) is 0 Å². The van der Waals surface area contributed by atoms with Crippen molar-refractivity contribution in [3.05, 3.63) is 42.0 Å². The largest absolute Gasteiger partial charge is 0.504 e. The highest BCUT2D eigenvalue weighted by molar-refractivity contribution is 7.80. The smallest absolute Gasteiger partial charge is 0.200 e. The molecule has 0 aliphatic carbocycles. The number of phenolic OH excluding ortho intramolecular Hbond substituents is 3. The van der Waals surface area contributed by atoms with E-state index in [9.17, 15) is 15.3 Å². The Morgan fingerprint density at radius 2 is 1.79 bits per heavy atom. The van der Waals surface area contributed by atoms with E-state index in [4.69, 9.17) is 17.0 Å². The third-order valence-corrected chi connectivity index (χ3v) is 3.39. The van der Waals surface area contributed by atoms with Crippen LogP contribution in [0.3, 0.4) is 0 Å². The van der Waals surface area contributed by atoms with Crippen molar-refractivity contribution in [1.82, 2.24) is 5.43 Å². The molecule has 5 N–H and O–H groups in total. The van der Waals surface area contributed by atoms with Gasteiger partial charge in [0.05, 0.1) is 18.5 Å². The van der Waals surface area contributed by atoms with Crippen molar-refractivity contribution in [2.24, 2.45) is 5.10 Å². The van der Waals surface area contributed by atoms with Crippen LogP contribution in [0.15, 0.2) is 41.5 Å². The Morgan fingerprint density at radius 1 is 1.08 bits per heavy atom. The first kappa shape index (κ1) is 17.4. The zero-order valence-electron chi connectivity index (χ0n) is 13.1. The van der Waals surface area contributed by atoms with Gasteiger partial charge in [-0.25, -0.2) is 0 Å². The van der Waals surface area contributed by atoms with Gasteiger partial charge in [-0.2, -0.15) is 5.10 Å². The first-order chi connectivity index (χ1) is 11.4. The number of para-hydroxylation sites is 2. The summed E-state index contributed by atoms with van der Waals surface area (Å²) in [4.78, 5) is 0. The highest BCUT2D eigenvalue weighted by Crippen LogP contribution is 2.37. The summed E-state index contributed by atoms with van der Waals surface area (Å²) in [7, 11) is 1.55. The van der Waals surface area contributed by atoms with E-state index in [0.29, 0.717) is 17.1 Å². The van der Waals surface area contributed by atoms with Crippen LogP contribution in [0, 0.1) is 0 Å². The quantitative estimate of drug-likeness (QED) is 0.250. The highest BCUT2D eigenvalue weighted by Gasteiger charge is 2.13. The number of hydrazone groups is 1. The number of ether oxygens (including phenoxy) is 1. The SMILES string of the molecule is COc1ccccc1NC(=S)NN=C(C)c1ccc(O)c(O)c1O. The maximum absolute atomic E-state index is 9.83. The van der Waals surface area contributed by atoms with Crippen LogP contribution in [0.1, 0.15) is 12.5 Å². The van der Waals surface area contributed by atoms with Gasteiger partial charge in [0.2, 0.25) is 5.75 Å². The van der Waals surface area contributed by atoms with Gasteiger partial charge in [-0.05, 0) is 43.4 Å². The zero-order valence-corrected chi connectivity index (χ0v) is 13.9. The molecule has 0 saturated carbocycles. The summed E-state index contributed by atoms with van der Waals surface area (Å²) in [5, 5.41) is 35.9. The Morgan fingerprint density at radius 3 is 2.50 bits per heavy atom. The molecule has 0 bridgehead atoms. The van der Waals surface area contributed by atoms with Crippen LogP contribution in [-0.4, -0.2) is 33.3 Å². The molecule has 0 amide bonds. The Kier molecular flexibility index (Phi) is 5.43. The molecule has 0 saturated heterocycles. The summed E-state index contributed by atoms with van der Waals surface area (Å²) >= 11 is 5.15. The number of aromatic hydroxyl groups is 3. The van der Waals surface area contributed by atoms with E-state index in [-0.39, 0.29) is 10.7 Å². The van der Waals surface area contributed by atoms with Crippen molar-refractivity contribution in [3.63, 3.8) is 0 Å². The standard InChI is InChI=1S/C16H17N3O4S/c1-9(10-7-8-12(20)15(22)14(10)21)18-19-16(24)17-11-5-3-4-6-13(11)23-2/h3-8,20-22H,1-2H3,(H2,17,19,24).